The van der Waals surface area contributed by atoms with Gasteiger partial charge in [0.05, 0.1) is 0 Å². The summed E-state index contributed by atoms with van der Waals surface area (Å²) < 4.78 is 84.8. The summed E-state index contributed by atoms with van der Waals surface area (Å²) in [4.78, 5) is 0.222. The largest absolute Gasteiger partial charge is 0.432 e. The SMILES string of the molecule is O=S(=O)(OSc1ccccc1)C(F)(F)C(F)(F)C1CC2CCC1C2. The second-order valence-electron chi connectivity index (χ2n) is 6.34. The van der Waals surface area contributed by atoms with Crippen molar-refractivity contribution in [3.05, 3.63) is 30.3 Å². The van der Waals surface area contributed by atoms with Gasteiger partial charge in [-0.05, 0) is 43.2 Å². The molecule has 2 bridgehead atoms. The van der Waals surface area contributed by atoms with Gasteiger partial charge in [-0.15, -0.1) is 0 Å². The van der Waals surface area contributed by atoms with Crippen LogP contribution in [0.3, 0.4) is 0 Å². The average Bonchev–Trinajstić information content (AvgIpc) is 3.17. The predicted octanol–water partition coefficient (Wildman–Crippen LogP) is 4.70. The highest BCUT2D eigenvalue weighted by Gasteiger charge is 2.72. The maximum Gasteiger partial charge on any atom is 0.432 e. The summed E-state index contributed by atoms with van der Waals surface area (Å²) in [6.07, 6.45) is 1.60. The van der Waals surface area contributed by atoms with Crippen molar-refractivity contribution in [3.63, 3.8) is 0 Å². The van der Waals surface area contributed by atoms with E-state index in [1.54, 1.807) is 18.2 Å². The van der Waals surface area contributed by atoms with Crippen molar-refractivity contribution in [3.8, 4) is 0 Å². The Hall–Kier alpha value is -0.800. The summed E-state index contributed by atoms with van der Waals surface area (Å²) in [6.45, 7) is 0. The molecule has 0 heterocycles. The predicted molar refractivity (Wildman–Crippen MR) is 81.1 cm³/mol. The maximum atomic E-state index is 14.4. The van der Waals surface area contributed by atoms with Gasteiger partial charge in [0.25, 0.3) is 0 Å². The van der Waals surface area contributed by atoms with E-state index in [1.807, 2.05) is 0 Å². The Morgan fingerprint density at radius 3 is 2.25 bits per heavy atom. The zero-order chi connectivity index (χ0) is 17.6. The van der Waals surface area contributed by atoms with Crippen LogP contribution in [-0.4, -0.2) is 19.6 Å². The zero-order valence-corrected chi connectivity index (χ0v) is 14.1. The summed E-state index contributed by atoms with van der Waals surface area (Å²) >= 11 is 0.127. The van der Waals surface area contributed by atoms with E-state index in [0.29, 0.717) is 12.8 Å². The van der Waals surface area contributed by atoms with Gasteiger partial charge in [0.2, 0.25) is 0 Å². The molecule has 134 valence electrons. The minimum absolute atomic E-state index is 0.0102. The lowest BCUT2D eigenvalue weighted by Crippen LogP contribution is -2.53. The Balaban J connectivity index is 1.77. The van der Waals surface area contributed by atoms with Crippen LogP contribution >= 0.6 is 12.0 Å². The number of benzene rings is 1. The molecule has 0 spiro atoms. The fraction of sp³-hybridized carbons (Fsp3) is 0.600. The number of alkyl halides is 4. The highest BCUT2D eigenvalue weighted by atomic mass is 32.3. The molecule has 0 N–H and O–H groups in total. The fourth-order valence-corrected chi connectivity index (χ4v) is 5.44. The third-order valence-corrected chi connectivity index (χ3v) is 7.22. The molecule has 1 aromatic rings. The third-order valence-electron chi connectivity index (χ3n) is 4.87. The molecule has 2 aliphatic rings. The zero-order valence-electron chi connectivity index (χ0n) is 12.5. The van der Waals surface area contributed by atoms with Crippen LogP contribution in [-0.2, 0) is 13.7 Å². The summed E-state index contributed by atoms with van der Waals surface area (Å²) in [5.41, 5.74) is 0. The number of hydrogen-bond donors (Lipinski definition) is 0. The first-order valence-electron chi connectivity index (χ1n) is 7.56. The van der Waals surface area contributed by atoms with E-state index in [4.69, 9.17) is 0 Å². The van der Waals surface area contributed by atoms with Crippen molar-refractivity contribution < 1.29 is 29.6 Å². The molecule has 0 saturated heterocycles. The summed E-state index contributed by atoms with van der Waals surface area (Å²) in [6, 6.07) is 7.57. The molecule has 24 heavy (non-hydrogen) atoms. The van der Waals surface area contributed by atoms with Crippen LogP contribution in [0.25, 0.3) is 0 Å². The lowest BCUT2D eigenvalue weighted by molar-refractivity contribution is -0.202. The molecule has 0 aliphatic heterocycles. The number of rotatable bonds is 6. The Bertz CT molecular complexity index is 694. The monoisotopic (exact) mass is 384 g/mol. The molecule has 2 aliphatic carbocycles. The van der Waals surface area contributed by atoms with E-state index in [0.717, 1.165) is 6.42 Å². The molecule has 3 rings (SSSR count). The van der Waals surface area contributed by atoms with Gasteiger partial charge in [0.15, 0.2) is 0 Å². The highest BCUT2D eigenvalue weighted by Crippen LogP contribution is 2.58. The van der Waals surface area contributed by atoms with E-state index < -0.39 is 33.1 Å². The Kier molecular flexibility index (Phi) is 4.63. The Morgan fingerprint density at radius 2 is 1.71 bits per heavy atom. The minimum atomic E-state index is -5.79. The van der Waals surface area contributed by atoms with E-state index in [2.05, 4.69) is 3.63 Å². The first-order chi connectivity index (χ1) is 11.1. The van der Waals surface area contributed by atoms with Crippen molar-refractivity contribution in [2.75, 3.05) is 0 Å². The van der Waals surface area contributed by atoms with Crippen LogP contribution in [0.2, 0.25) is 0 Å². The van der Waals surface area contributed by atoms with Crippen molar-refractivity contribution in [1.82, 2.24) is 0 Å². The van der Waals surface area contributed by atoms with Crippen LogP contribution < -0.4 is 0 Å². The molecule has 2 saturated carbocycles. The standard InChI is InChI=1S/C15H16F4O3S2/c16-14(17,13-9-10-6-7-11(13)8-10)15(18,19)24(20,21)22-23-12-4-2-1-3-5-12/h1-5,10-11,13H,6-9H2. The van der Waals surface area contributed by atoms with Crippen molar-refractivity contribution in [1.29, 1.82) is 0 Å². The van der Waals surface area contributed by atoms with Gasteiger partial charge in [0.1, 0.15) is 0 Å². The quantitative estimate of drug-likeness (QED) is 0.527. The van der Waals surface area contributed by atoms with Crippen LogP contribution in [0.4, 0.5) is 17.6 Å². The molecule has 0 amide bonds. The summed E-state index contributed by atoms with van der Waals surface area (Å²) in [7, 11) is -5.79. The molecule has 9 heteroatoms. The molecule has 3 nitrogen and oxygen atoms in total. The third kappa shape index (κ3) is 2.94. The summed E-state index contributed by atoms with van der Waals surface area (Å²) in [5.74, 6) is -6.83. The minimum Gasteiger partial charge on any atom is -0.198 e. The molecule has 3 unspecified atom stereocenters. The van der Waals surface area contributed by atoms with E-state index in [1.165, 1.54) is 12.1 Å². The Labute approximate surface area is 142 Å². The van der Waals surface area contributed by atoms with E-state index in [-0.39, 0.29) is 29.3 Å². The molecule has 0 radical (unpaired) electrons. The number of fused-ring (bicyclic) bond motifs is 2. The van der Waals surface area contributed by atoms with E-state index >= 15 is 0 Å². The van der Waals surface area contributed by atoms with Gasteiger partial charge < -0.3 is 0 Å². The van der Waals surface area contributed by atoms with Gasteiger partial charge in [0, 0.05) is 22.9 Å². The van der Waals surface area contributed by atoms with Gasteiger partial charge in [-0.25, -0.2) is 0 Å². The van der Waals surface area contributed by atoms with Gasteiger partial charge in [-0.3, -0.25) is 0 Å². The first kappa shape index (κ1) is 18.0. The molecular weight excluding hydrogens is 368 g/mol. The van der Waals surface area contributed by atoms with Gasteiger partial charge in [-0.1, -0.05) is 24.6 Å². The van der Waals surface area contributed by atoms with Crippen molar-refractivity contribution in [2.45, 2.75) is 41.8 Å². The smallest absolute Gasteiger partial charge is 0.198 e. The van der Waals surface area contributed by atoms with Gasteiger partial charge >= 0.3 is 21.3 Å². The van der Waals surface area contributed by atoms with Crippen LogP contribution in [0.1, 0.15) is 25.7 Å². The first-order valence-corrected chi connectivity index (χ1v) is 9.71. The molecular formula is C15H16F4O3S2. The second kappa shape index (κ2) is 6.17. The topological polar surface area (TPSA) is 43.4 Å². The average molecular weight is 384 g/mol. The fourth-order valence-electron chi connectivity index (χ4n) is 3.67. The van der Waals surface area contributed by atoms with Crippen LogP contribution in [0.5, 0.6) is 0 Å². The second-order valence-corrected chi connectivity index (χ2v) is 8.94. The lowest BCUT2D eigenvalue weighted by atomic mass is 9.84. The van der Waals surface area contributed by atoms with Crippen molar-refractivity contribution in [2.24, 2.45) is 17.8 Å². The van der Waals surface area contributed by atoms with E-state index in [9.17, 15) is 26.0 Å². The molecule has 0 aromatic heterocycles. The Morgan fingerprint density at radius 1 is 1.04 bits per heavy atom. The number of halogens is 4. The summed E-state index contributed by atoms with van der Waals surface area (Å²) in [5, 5.41) is -5.27. The molecule has 3 atom stereocenters. The van der Waals surface area contributed by atoms with Crippen molar-refractivity contribution >= 4 is 22.2 Å². The van der Waals surface area contributed by atoms with Crippen LogP contribution in [0, 0.1) is 17.8 Å². The van der Waals surface area contributed by atoms with Crippen LogP contribution in [0.15, 0.2) is 35.2 Å². The molecule has 1 aromatic carbocycles. The van der Waals surface area contributed by atoms with Gasteiger partial charge in [-0.2, -0.15) is 29.6 Å². The normalized spacial score (nSPS) is 27.6. The number of hydrogen-bond acceptors (Lipinski definition) is 4. The highest BCUT2D eigenvalue weighted by molar-refractivity contribution is 8.04. The maximum absolute atomic E-state index is 14.4. The lowest BCUT2D eigenvalue weighted by Gasteiger charge is -2.34. The molecule has 2 fully saturated rings.